The number of piperazine rings is 1. The zero-order chi connectivity index (χ0) is 16.9. The summed E-state index contributed by atoms with van der Waals surface area (Å²) in [6.07, 6.45) is 3.69. The summed E-state index contributed by atoms with van der Waals surface area (Å²) in [6, 6.07) is 3.44. The first-order valence-corrected chi connectivity index (χ1v) is 9.07. The Hall–Kier alpha value is -1.37. The standard InChI is InChI=1S/C18H29N3O3/c1-15-4-6-19(7-5-15)13-16(22)14-20-8-10-21(11-9-20)18(23)17-3-2-12-24-17/h2-3,12,15-16,22H,4-11,13-14H2,1H3. The minimum Gasteiger partial charge on any atom is -0.459 e. The first kappa shape index (κ1) is 17.5. The molecule has 0 bridgehead atoms. The number of nitrogens with zero attached hydrogens (tertiary/aromatic N) is 3. The van der Waals surface area contributed by atoms with Crippen molar-refractivity contribution in [3.8, 4) is 0 Å². The first-order chi connectivity index (χ1) is 11.6. The molecule has 2 aliphatic rings. The summed E-state index contributed by atoms with van der Waals surface area (Å²) >= 11 is 0. The third-order valence-corrected chi connectivity index (χ3v) is 5.21. The van der Waals surface area contributed by atoms with Gasteiger partial charge in [-0.05, 0) is 44.0 Å². The highest BCUT2D eigenvalue weighted by Gasteiger charge is 2.25. The van der Waals surface area contributed by atoms with Crippen molar-refractivity contribution in [1.29, 1.82) is 0 Å². The number of carbonyl (C=O) groups excluding carboxylic acids is 1. The van der Waals surface area contributed by atoms with Crippen molar-refractivity contribution < 1.29 is 14.3 Å². The van der Waals surface area contributed by atoms with Crippen molar-refractivity contribution in [2.24, 2.45) is 5.92 Å². The summed E-state index contributed by atoms with van der Waals surface area (Å²) in [4.78, 5) is 18.7. The second-order valence-corrected chi connectivity index (χ2v) is 7.21. The van der Waals surface area contributed by atoms with Crippen molar-refractivity contribution in [2.75, 3.05) is 52.4 Å². The SMILES string of the molecule is CC1CCN(CC(O)CN2CCN(C(=O)c3ccco3)CC2)CC1. The van der Waals surface area contributed by atoms with Gasteiger partial charge in [0.25, 0.3) is 5.91 Å². The number of amides is 1. The van der Waals surface area contributed by atoms with E-state index in [9.17, 15) is 9.90 Å². The van der Waals surface area contributed by atoms with Crippen molar-refractivity contribution in [1.82, 2.24) is 14.7 Å². The minimum atomic E-state index is -0.314. The topological polar surface area (TPSA) is 60.2 Å². The van der Waals surface area contributed by atoms with Gasteiger partial charge >= 0.3 is 0 Å². The van der Waals surface area contributed by atoms with Crippen molar-refractivity contribution >= 4 is 5.91 Å². The van der Waals surface area contributed by atoms with Gasteiger partial charge in [-0.3, -0.25) is 9.69 Å². The monoisotopic (exact) mass is 335 g/mol. The van der Waals surface area contributed by atoms with Crippen molar-refractivity contribution in [3.05, 3.63) is 24.2 Å². The van der Waals surface area contributed by atoms with E-state index in [1.165, 1.54) is 19.1 Å². The number of likely N-dealkylation sites (tertiary alicyclic amines) is 1. The predicted octanol–water partition coefficient (Wildman–Crippen LogP) is 1.13. The molecule has 0 saturated carbocycles. The van der Waals surface area contributed by atoms with Crippen LogP contribution in [0.2, 0.25) is 0 Å². The smallest absolute Gasteiger partial charge is 0.289 e. The van der Waals surface area contributed by atoms with E-state index in [0.717, 1.165) is 38.6 Å². The maximum absolute atomic E-state index is 12.2. The lowest BCUT2D eigenvalue weighted by molar-refractivity contribution is 0.0372. The molecule has 1 N–H and O–H groups in total. The fourth-order valence-corrected chi connectivity index (χ4v) is 3.59. The fraction of sp³-hybridized carbons (Fsp3) is 0.722. The average Bonchev–Trinajstić information content (AvgIpc) is 3.11. The average molecular weight is 335 g/mol. The molecule has 2 fully saturated rings. The molecule has 3 rings (SSSR count). The van der Waals surface area contributed by atoms with Crippen LogP contribution in [0.3, 0.4) is 0 Å². The summed E-state index contributed by atoms with van der Waals surface area (Å²) in [5.74, 6) is 1.18. The highest BCUT2D eigenvalue weighted by Crippen LogP contribution is 2.16. The third-order valence-electron chi connectivity index (χ3n) is 5.21. The molecule has 1 aromatic rings. The van der Waals surface area contributed by atoms with Gasteiger partial charge in [-0.2, -0.15) is 0 Å². The van der Waals surface area contributed by atoms with E-state index < -0.39 is 0 Å². The number of carbonyl (C=O) groups is 1. The number of furan rings is 1. The molecule has 2 aliphatic heterocycles. The van der Waals surface area contributed by atoms with Crippen LogP contribution in [0.1, 0.15) is 30.3 Å². The van der Waals surface area contributed by atoms with Crippen LogP contribution in [0.5, 0.6) is 0 Å². The lowest BCUT2D eigenvalue weighted by Gasteiger charge is -2.37. The number of aliphatic hydroxyl groups excluding tert-OH is 1. The molecule has 6 nitrogen and oxygen atoms in total. The molecule has 6 heteroatoms. The largest absolute Gasteiger partial charge is 0.459 e. The Kier molecular flexibility index (Phi) is 5.92. The van der Waals surface area contributed by atoms with Crippen molar-refractivity contribution in [3.63, 3.8) is 0 Å². The maximum Gasteiger partial charge on any atom is 0.289 e. The van der Waals surface area contributed by atoms with Gasteiger partial charge in [0.1, 0.15) is 0 Å². The zero-order valence-electron chi connectivity index (χ0n) is 14.6. The van der Waals surface area contributed by atoms with Crippen LogP contribution in [0.25, 0.3) is 0 Å². The van der Waals surface area contributed by atoms with Gasteiger partial charge in [0, 0.05) is 39.3 Å². The number of hydrogen-bond acceptors (Lipinski definition) is 5. The number of aliphatic hydroxyl groups is 1. The summed E-state index contributed by atoms with van der Waals surface area (Å²) in [5.41, 5.74) is 0. The van der Waals surface area contributed by atoms with Gasteiger partial charge in [0.2, 0.25) is 0 Å². The Morgan fingerprint density at radius 1 is 1.17 bits per heavy atom. The van der Waals surface area contributed by atoms with E-state index >= 15 is 0 Å². The molecule has 24 heavy (non-hydrogen) atoms. The quantitative estimate of drug-likeness (QED) is 0.874. The van der Waals surface area contributed by atoms with E-state index in [2.05, 4.69) is 16.7 Å². The molecule has 134 valence electrons. The van der Waals surface area contributed by atoms with E-state index in [1.807, 2.05) is 4.90 Å². The van der Waals surface area contributed by atoms with Crippen LogP contribution >= 0.6 is 0 Å². The van der Waals surface area contributed by atoms with E-state index in [1.54, 1.807) is 12.1 Å². The van der Waals surface area contributed by atoms with E-state index in [4.69, 9.17) is 4.42 Å². The van der Waals surface area contributed by atoms with Gasteiger partial charge in [-0.1, -0.05) is 6.92 Å². The number of β-amino-alcohol motifs (C(OH)–C–C–N with tert-alkyl or cyclic N) is 1. The highest BCUT2D eigenvalue weighted by molar-refractivity contribution is 5.91. The molecule has 0 aromatic carbocycles. The van der Waals surface area contributed by atoms with Gasteiger partial charge in [-0.15, -0.1) is 0 Å². The van der Waals surface area contributed by atoms with Gasteiger partial charge < -0.3 is 19.3 Å². The van der Waals surface area contributed by atoms with E-state index in [-0.39, 0.29) is 12.0 Å². The molecule has 2 saturated heterocycles. The lowest BCUT2D eigenvalue weighted by Crippen LogP contribution is -2.51. The Morgan fingerprint density at radius 3 is 2.38 bits per heavy atom. The van der Waals surface area contributed by atoms with Crippen LogP contribution in [0, 0.1) is 5.92 Å². The fourth-order valence-electron chi connectivity index (χ4n) is 3.59. The number of rotatable bonds is 5. The molecule has 1 amide bonds. The Balaban J connectivity index is 1.38. The van der Waals surface area contributed by atoms with Gasteiger partial charge in [-0.25, -0.2) is 0 Å². The van der Waals surface area contributed by atoms with Crippen LogP contribution in [0.4, 0.5) is 0 Å². The second-order valence-electron chi connectivity index (χ2n) is 7.21. The van der Waals surface area contributed by atoms with E-state index in [0.29, 0.717) is 25.4 Å². The van der Waals surface area contributed by atoms with Crippen molar-refractivity contribution in [2.45, 2.75) is 25.9 Å². The summed E-state index contributed by atoms with van der Waals surface area (Å²) < 4.78 is 5.18. The molecule has 1 unspecified atom stereocenters. The van der Waals surface area contributed by atoms with Gasteiger partial charge in [0.05, 0.1) is 12.4 Å². The predicted molar refractivity (Wildman–Crippen MR) is 91.9 cm³/mol. The van der Waals surface area contributed by atoms with Crippen LogP contribution in [-0.4, -0.2) is 84.2 Å². The summed E-state index contributed by atoms with van der Waals surface area (Å²) in [5, 5.41) is 10.4. The van der Waals surface area contributed by atoms with Crippen LogP contribution in [-0.2, 0) is 0 Å². The summed E-state index contributed by atoms with van der Waals surface area (Å²) in [6.45, 7) is 8.94. The number of piperidine rings is 1. The lowest BCUT2D eigenvalue weighted by atomic mass is 9.99. The Labute approximate surface area is 144 Å². The normalized spacial score (nSPS) is 22.7. The molecule has 1 atom stereocenters. The zero-order valence-corrected chi connectivity index (χ0v) is 14.6. The second kappa shape index (κ2) is 8.14. The van der Waals surface area contributed by atoms with Gasteiger partial charge in [0.15, 0.2) is 5.76 Å². The summed E-state index contributed by atoms with van der Waals surface area (Å²) in [7, 11) is 0. The number of hydrogen-bond donors (Lipinski definition) is 1. The molecular formula is C18H29N3O3. The van der Waals surface area contributed by atoms with Crippen LogP contribution < -0.4 is 0 Å². The molecular weight excluding hydrogens is 306 g/mol. The molecule has 0 spiro atoms. The first-order valence-electron chi connectivity index (χ1n) is 9.07. The molecule has 0 radical (unpaired) electrons. The highest BCUT2D eigenvalue weighted by atomic mass is 16.3. The Bertz CT molecular complexity index is 504. The van der Waals surface area contributed by atoms with Crippen LogP contribution in [0.15, 0.2) is 22.8 Å². The molecule has 3 heterocycles. The Morgan fingerprint density at radius 2 is 1.79 bits per heavy atom. The third kappa shape index (κ3) is 4.59. The maximum atomic E-state index is 12.2. The molecule has 0 aliphatic carbocycles. The molecule has 1 aromatic heterocycles. The minimum absolute atomic E-state index is 0.0392.